The van der Waals surface area contributed by atoms with E-state index in [1.165, 1.54) is 0 Å². The number of benzene rings is 2. The summed E-state index contributed by atoms with van der Waals surface area (Å²) < 4.78 is 5.37. The van der Waals surface area contributed by atoms with Crippen LogP contribution in [-0.2, 0) is 16.1 Å². The Kier molecular flexibility index (Phi) is 3.69. The van der Waals surface area contributed by atoms with Crippen LogP contribution in [0.1, 0.15) is 24.1 Å². The van der Waals surface area contributed by atoms with Gasteiger partial charge in [0, 0.05) is 5.39 Å². The van der Waals surface area contributed by atoms with Crippen LogP contribution in [-0.4, -0.2) is 16.2 Å². The van der Waals surface area contributed by atoms with Gasteiger partial charge >= 0.3 is 5.97 Å². The van der Waals surface area contributed by atoms with Gasteiger partial charge in [-0.05, 0) is 18.6 Å². The zero-order valence-corrected chi connectivity index (χ0v) is 11.7. The summed E-state index contributed by atoms with van der Waals surface area (Å²) in [5.41, 5.74) is 2.63. The average Bonchev–Trinajstić information content (AvgIpc) is 2.97. The van der Waals surface area contributed by atoms with Crippen molar-refractivity contribution < 1.29 is 9.53 Å². The van der Waals surface area contributed by atoms with Gasteiger partial charge in [0.1, 0.15) is 6.61 Å². The molecule has 106 valence electrons. The van der Waals surface area contributed by atoms with Gasteiger partial charge < -0.3 is 4.74 Å². The number of fused-ring (bicyclic) bond motifs is 1. The van der Waals surface area contributed by atoms with Crippen molar-refractivity contribution in [3.05, 3.63) is 65.9 Å². The number of rotatable bonds is 4. The lowest BCUT2D eigenvalue weighted by Crippen LogP contribution is -2.13. The fourth-order valence-corrected chi connectivity index (χ4v) is 2.28. The summed E-state index contributed by atoms with van der Waals surface area (Å²) in [6, 6.07) is 17.4. The van der Waals surface area contributed by atoms with E-state index >= 15 is 0 Å². The summed E-state index contributed by atoms with van der Waals surface area (Å²) in [5.74, 6) is -0.666. The van der Waals surface area contributed by atoms with Crippen LogP contribution in [0.15, 0.2) is 54.6 Å². The third-order valence-electron chi connectivity index (χ3n) is 3.49. The van der Waals surface area contributed by atoms with Gasteiger partial charge in [-0.3, -0.25) is 9.89 Å². The lowest BCUT2D eigenvalue weighted by molar-refractivity contribution is -0.146. The number of aromatic amines is 1. The molecule has 0 saturated heterocycles. The molecule has 1 aromatic heterocycles. The lowest BCUT2D eigenvalue weighted by atomic mass is 10.0. The van der Waals surface area contributed by atoms with Gasteiger partial charge in [-0.2, -0.15) is 5.10 Å². The Morgan fingerprint density at radius 3 is 2.67 bits per heavy atom. The molecule has 4 nitrogen and oxygen atoms in total. The van der Waals surface area contributed by atoms with Crippen molar-refractivity contribution in [2.24, 2.45) is 0 Å². The summed E-state index contributed by atoms with van der Waals surface area (Å²) in [5, 5.41) is 8.15. The number of hydrogen-bond acceptors (Lipinski definition) is 3. The van der Waals surface area contributed by atoms with Crippen molar-refractivity contribution in [3.8, 4) is 0 Å². The molecule has 0 spiro atoms. The van der Waals surface area contributed by atoms with Crippen LogP contribution in [0, 0.1) is 0 Å². The number of aromatic nitrogens is 2. The predicted molar refractivity (Wildman–Crippen MR) is 80.7 cm³/mol. The molecule has 3 rings (SSSR count). The SMILES string of the molecule is CC(C(=O)OCc1ccccc1)c1n[nH]c2ccccc12. The molecule has 0 saturated carbocycles. The molecule has 0 aliphatic carbocycles. The highest BCUT2D eigenvalue weighted by Crippen LogP contribution is 2.24. The molecule has 1 unspecified atom stereocenters. The van der Waals surface area contributed by atoms with Crippen LogP contribution in [0.3, 0.4) is 0 Å². The number of carbonyl (C=O) groups excluding carboxylic acids is 1. The van der Waals surface area contributed by atoms with Gasteiger partial charge in [0.05, 0.1) is 17.1 Å². The third-order valence-corrected chi connectivity index (χ3v) is 3.49. The zero-order chi connectivity index (χ0) is 14.7. The minimum Gasteiger partial charge on any atom is -0.460 e. The van der Waals surface area contributed by atoms with E-state index in [1.54, 1.807) is 0 Å². The second-order valence-electron chi connectivity index (χ2n) is 4.97. The predicted octanol–water partition coefficient (Wildman–Crippen LogP) is 3.41. The van der Waals surface area contributed by atoms with Crippen molar-refractivity contribution in [1.29, 1.82) is 0 Å². The number of nitrogens with one attached hydrogen (secondary N) is 1. The molecule has 1 atom stereocenters. The minimum absolute atomic E-state index is 0.267. The monoisotopic (exact) mass is 280 g/mol. The topological polar surface area (TPSA) is 55.0 Å². The normalized spacial score (nSPS) is 12.2. The number of hydrogen-bond donors (Lipinski definition) is 1. The average molecular weight is 280 g/mol. The van der Waals surface area contributed by atoms with Crippen LogP contribution in [0.25, 0.3) is 10.9 Å². The number of esters is 1. The molecule has 21 heavy (non-hydrogen) atoms. The van der Waals surface area contributed by atoms with Gasteiger partial charge in [-0.25, -0.2) is 0 Å². The summed E-state index contributed by atoms with van der Waals surface area (Å²) in [7, 11) is 0. The maximum Gasteiger partial charge on any atom is 0.315 e. The van der Waals surface area contributed by atoms with E-state index in [0.717, 1.165) is 22.2 Å². The molecular formula is C17H16N2O2. The Bertz CT molecular complexity index is 750. The Hall–Kier alpha value is -2.62. The third kappa shape index (κ3) is 2.79. The van der Waals surface area contributed by atoms with Gasteiger partial charge in [0.2, 0.25) is 0 Å². The molecule has 1 N–H and O–H groups in total. The van der Waals surface area contributed by atoms with E-state index in [2.05, 4.69) is 10.2 Å². The van der Waals surface area contributed by atoms with Crippen LogP contribution in [0.2, 0.25) is 0 Å². The van der Waals surface area contributed by atoms with Crippen LogP contribution in [0.4, 0.5) is 0 Å². The molecule has 1 heterocycles. The molecule has 0 aliphatic heterocycles. The van der Waals surface area contributed by atoms with Crippen molar-refractivity contribution >= 4 is 16.9 Å². The second-order valence-corrected chi connectivity index (χ2v) is 4.97. The Labute approximate surface area is 122 Å². The first-order valence-corrected chi connectivity index (χ1v) is 6.89. The van der Waals surface area contributed by atoms with Crippen molar-refractivity contribution in [3.63, 3.8) is 0 Å². The Balaban J connectivity index is 1.72. The van der Waals surface area contributed by atoms with Crippen LogP contribution in [0.5, 0.6) is 0 Å². The van der Waals surface area contributed by atoms with Crippen LogP contribution < -0.4 is 0 Å². The quantitative estimate of drug-likeness (QED) is 0.745. The fourth-order valence-electron chi connectivity index (χ4n) is 2.28. The first-order valence-electron chi connectivity index (χ1n) is 6.89. The highest BCUT2D eigenvalue weighted by molar-refractivity contribution is 5.87. The van der Waals surface area contributed by atoms with E-state index < -0.39 is 5.92 Å². The maximum absolute atomic E-state index is 12.2. The number of para-hydroxylation sites is 1. The summed E-state index contributed by atoms with van der Waals surface area (Å²) in [6.45, 7) is 2.10. The van der Waals surface area contributed by atoms with Crippen molar-refractivity contribution in [2.75, 3.05) is 0 Å². The number of nitrogens with zero attached hydrogens (tertiary/aromatic N) is 1. The first-order chi connectivity index (χ1) is 10.3. The molecule has 0 amide bonds. The molecule has 4 heteroatoms. The van der Waals surface area contributed by atoms with Gasteiger partial charge in [-0.1, -0.05) is 48.5 Å². The smallest absolute Gasteiger partial charge is 0.315 e. The molecule has 0 radical (unpaired) electrons. The number of carbonyl (C=O) groups is 1. The second kappa shape index (κ2) is 5.79. The van der Waals surface area contributed by atoms with Gasteiger partial charge in [0.15, 0.2) is 0 Å². The highest BCUT2D eigenvalue weighted by Gasteiger charge is 2.21. The Morgan fingerprint density at radius 1 is 1.14 bits per heavy atom. The molecule has 0 fully saturated rings. The summed E-state index contributed by atoms with van der Waals surface area (Å²) in [6.07, 6.45) is 0. The number of H-pyrrole nitrogens is 1. The van der Waals surface area contributed by atoms with E-state index in [-0.39, 0.29) is 12.6 Å². The standard InChI is InChI=1S/C17H16N2O2/c1-12(16-14-9-5-6-10-15(14)18-19-16)17(20)21-11-13-7-3-2-4-8-13/h2-10,12H,11H2,1H3,(H,18,19). The van der Waals surface area contributed by atoms with Crippen molar-refractivity contribution in [1.82, 2.24) is 10.2 Å². The van der Waals surface area contributed by atoms with E-state index in [0.29, 0.717) is 0 Å². The van der Waals surface area contributed by atoms with E-state index in [1.807, 2.05) is 61.5 Å². The molecule has 0 bridgehead atoms. The lowest BCUT2D eigenvalue weighted by Gasteiger charge is -2.10. The van der Waals surface area contributed by atoms with Gasteiger partial charge in [-0.15, -0.1) is 0 Å². The first kappa shape index (κ1) is 13.4. The summed E-state index contributed by atoms with van der Waals surface area (Å²) in [4.78, 5) is 12.2. The molecule has 3 aromatic rings. The van der Waals surface area contributed by atoms with Crippen molar-refractivity contribution in [2.45, 2.75) is 19.4 Å². The maximum atomic E-state index is 12.2. The molecule has 0 aliphatic rings. The fraction of sp³-hybridized carbons (Fsp3) is 0.176. The van der Waals surface area contributed by atoms with Crippen LogP contribution >= 0.6 is 0 Å². The Morgan fingerprint density at radius 2 is 1.86 bits per heavy atom. The van der Waals surface area contributed by atoms with E-state index in [9.17, 15) is 4.79 Å². The van der Waals surface area contributed by atoms with Gasteiger partial charge in [0.25, 0.3) is 0 Å². The minimum atomic E-state index is -0.398. The molecule has 2 aromatic carbocycles. The zero-order valence-electron chi connectivity index (χ0n) is 11.7. The highest BCUT2D eigenvalue weighted by atomic mass is 16.5. The number of ether oxygens (including phenoxy) is 1. The largest absolute Gasteiger partial charge is 0.460 e. The van der Waals surface area contributed by atoms with E-state index in [4.69, 9.17) is 4.74 Å². The molecular weight excluding hydrogens is 264 g/mol. The summed E-state index contributed by atoms with van der Waals surface area (Å²) >= 11 is 0.